The number of likely N-dealkylation sites (N-methyl/N-ethyl adjacent to an activating group) is 1. The third-order valence-corrected chi connectivity index (χ3v) is 3.41. The smallest absolute Gasteiger partial charge is 0.226 e. The van der Waals surface area contributed by atoms with Crippen LogP contribution in [0.3, 0.4) is 0 Å². The topological polar surface area (TPSA) is 38.8 Å². The van der Waals surface area contributed by atoms with Crippen molar-refractivity contribution in [3.63, 3.8) is 0 Å². The van der Waals surface area contributed by atoms with Crippen LogP contribution < -0.4 is 9.47 Å². The molecule has 0 atom stereocenters. The van der Waals surface area contributed by atoms with Crippen LogP contribution in [0.1, 0.15) is 30.9 Å². The van der Waals surface area contributed by atoms with E-state index in [1.165, 1.54) is 0 Å². The lowest BCUT2D eigenvalue weighted by Gasteiger charge is -2.18. The van der Waals surface area contributed by atoms with E-state index in [4.69, 9.17) is 9.47 Å². The molecular formula is C16H25NO3. The second kappa shape index (κ2) is 7.78. The Morgan fingerprint density at radius 2 is 1.85 bits per heavy atom. The van der Waals surface area contributed by atoms with Crippen molar-refractivity contribution in [3.05, 3.63) is 23.3 Å². The van der Waals surface area contributed by atoms with E-state index in [0.29, 0.717) is 6.42 Å². The van der Waals surface area contributed by atoms with Crippen molar-refractivity contribution in [2.24, 2.45) is 0 Å². The Bertz CT molecular complexity index is 457. The normalized spacial score (nSPS) is 10.2. The molecule has 4 heteroatoms. The summed E-state index contributed by atoms with van der Waals surface area (Å²) >= 11 is 0. The number of unbranched alkanes of at least 4 members (excludes halogenated alkanes) is 1. The summed E-state index contributed by atoms with van der Waals surface area (Å²) in [6.07, 6.45) is 2.44. The minimum atomic E-state index is 0.0997. The van der Waals surface area contributed by atoms with Crippen LogP contribution in [-0.4, -0.2) is 38.6 Å². The zero-order chi connectivity index (χ0) is 15.1. The fourth-order valence-corrected chi connectivity index (χ4v) is 2.07. The maximum absolute atomic E-state index is 12.2. The van der Waals surface area contributed by atoms with Gasteiger partial charge < -0.3 is 14.4 Å². The molecule has 0 aliphatic carbocycles. The first-order valence-electron chi connectivity index (χ1n) is 6.98. The summed E-state index contributed by atoms with van der Waals surface area (Å²) in [6.45, 7) is 4.87. The molecule has 1 rings (SSSR count). The van der Waals surface area contributed by atoms with Crippen molar-refractivity contribution in [3.8, 4) is 11.5 Å². The second-order valence-corrected chi connectivity index (χ2v) is 4.98. The molecule has 0 aromatic heterocycles. The van der Waals surface area contributed by atoms with Gasteiger partial charge in [0.2, 0.25) is 5.91 Å². The largest absolute Gasteiger partial charge is 0.496 e. The third-order valence-electron chi connectivity index (χ3n) is 3.41. The summed E-state index contributed by atoms with van der Waals surface area (Å²) < 4.78 is 10.7. The standard InChI is InChI=1S/C16H25NO3/c1-6-7-8-17(3)16(18)11-13-10-14(19-4)12(2)9-15(13)20-5/h9-10H,6-8,11H2,1-5H3. The molecule has 0 N–H and O–H groups in total. The van der Waals surface area contributed by atoms with Gasteiger partial charge in [0.1, 0.15) is 11.5 Å². The average Bonchev–Trinajstić information content (AvgIpc) is 2.45. The quantitative estimate of drug-likeness (QED) is 0.770. The summed E-state index contributed by atoms with van der Waals surface area (Å²) in [4.78, 5) is 14.0. The lowest BCUT2D eigenvalue weighted by Crippen LogP contribution is -2.29. The van der Waals surface area contributed by atoms with Crippen LogP contribution in [0.15, 0.2) is 12.1 Å². The minimum absolute atomic E-state index is 0.0997. The fraction of sp³-hybridized carbons (Fsp3) is 0.562. The Hall–Kier alpha value is -1.71. The molecule has 1 aromatic carbocycles. The molecule has 1 aromatic rings. The molecule has 0 saturated heterocycles. The van der Waals surface area contributed by atoms with Gasteiger partial charge in [0.15, 0.2) is 0 Å². The van der Waals surface area contributed by atoms with E-state index in [9.17, 15) is 4.79 Å². The summed E-state index contributed by atoms with van der Waals surface area (Å²) in [5.41, 5.74) is 1.86. The SMILES string of the molecule is CCCCN(C)C(=O)Cc1cc(OC)c(C)cc1OC. The number of hydrogen-bond donors (Lipinski definition) is 0. The Morgan fingerprint density at radius 3 is 2.40 bits per heavy atom. The van der Waals surface area contributed by atoms with Crippen LogP contribution in [-0.2, 0) is 11.2 Å². The van der Waals surface area contributed by atoms with Crippen LogP contribution in [0, 0.1) is 6.92 Å². The predicted octanol–water partition coefficient (Wildman–Crippen LogP) is 2.81. The molecule has 0 aliphatic rings. The number of amides is 1. The molecule has 0 saturated carbocycles. The van der Waals surface area contributed by atoms with Gasteiger partial charge in [-0.1, -0.05) is 13.3 Å². The minimum Gasteiger partial charge on any atom is -0.496 e. The van der Waals surface area contributed by atoms with Gasteiger partial charge in [-0.3, -0.25) is 4.79 Å². The molecule has 0 aliphatic heterocycles. The molecule has 4 nitrogen and oxygen atoms in total. The van der Waals surface area contributed by atoms with Crippen molar-refractivity contribution in [2.45, 2.75) is 33.1 Å². The second-order valence-electron chi connectivity index (χ2n) is 4.98. The van der Waals surface area contributed by atoms with Crippen LogP contribution in [0.2, 0.25) is 0 Å². The third kappa shape index (κ3) is 4.15. The first kappa shape index (κ1) is 16.3. The van der Waals surface area contributed by atoms with E-state index in [1.54, 1.807) is 19.1 Å². The summed E-state index contributed by atoms with van der Waals surface area (Å²) in [7, 11) is 5.10. The molecule has 0 unspecified atom stereocenters. The van der Waals surface area contributed by atoms with Crippen molar-refractivity contribution >= 4 is 5.91 Å². The maximum atomic E-state index is 12.2. The lowest BCUT2D eigenvalue weighted by molar-refractivity contribution is -0.129. The fourth-order valence-electron chi connectivity index (χ4n) is 2.07. The Kier molecular flexibility index (Phi) is 6.36. The Labute approximate surface area is 121 Å². The zero-order valence-corrected chi connectivity index (χ0v) is 13.2. The number of hydrogen-bond acceptors (Lipinski definition) is 3. The number of benzene rings is 1. The molecule has 0 fully saturated rings. The van der Waals surface area contributed by atoms with E-state index in [-0.39, 0.29) is 5.91 Å². The summed E-state index contributed by atoms with van der Waals surface area (Å²) in [5.74, 6) is 1.62. The van der Waals surface area contributed by atoms with E-state index in [1.807, 2.05) is 26.1 Å². The number of carbonyl (C=O) groups is 1. The van der Waals surface area contributed by atoms with Gasteiger partial charge in [0.25, 0.3) is 0 Å². The maximum Gasteiger partial charge on any atom is 0.226 e. The molecule has 112 valence electrons. The van der Waals surface area contributed by atoms with Gasteiger partial charge in [0, 0.05) is 19.2 Å². The van der Waals surface area contributed by atoms with Gasteiger partial charge in [0.05, 0.1) is 20.6 Å². The Balaban J connectivity index is 2.87. The highest BCUT2D eigenvalue weighted by molar-refractivity contribution is 5.79. The molecule has 1 amide bonds. The molecule has 0 spiro atoms. The van der Waals surface area contributed by atoms with Crippen molar-refractivity contribution in [1.82, 2.24) is 4.90 Å². The number of carbonyl (C=O) groups excluding carboxylic acids is 1. The number of methoxy groups -OCH3 is 2. The molecular weight excluding hydrogens is 254 g/mol. The van der Waals surface area contributed by atoms with Gasteiger partial charge in [-0.2, -0.15) is 0 Å². The predicted molar refractivity (Wildman–Crippen MR) is 80.5 cm³/mol. The number of rotatable bonds is 7. The van der Waals surface area contributed by atoms with Gasteiger partial charge in [-0.15, -0.1) is 0 Å². The van der Waals surface area contributed by atoms with E-state index in [0.717, 1.165) is 42.0 Å². The highest BCUT2D eigenvalue weighted by atomic mass is 16.5. The monoisotopic (exact) mass is 279 g/mol. The van der Waals surface area contributed by atoms with Crippen molar-refractivity contribution in [2.75, 3.05) is 27.8 Å². The van der Waals surface area contributed by atoms with Crippen LogP contribution in [0.5, 0.6) is 11.5 Å². The number of nitrogens with zero attached hydrogens (tertiary/aromatic N) is 1. The van der Waals surface area contributed by atoms with E-state index in [2.05, 4.69) is 6.92 Å². The van der Waals surface area contributed by atoms with E-state index >= 15 is 0 Å². The van der Waals surface area contributed by atoms with Crippen molar-refractivity contribution in [1.29, 1.82) is 0 Å². The first-order chi connectivity index (χ1) is 9.53. The van der Waals surface area contributed by atoms with Crippen LogP contribution in [0.25, 0.3) is 0 Å². The van der Waals surface area contributed by atoms with Crippen molar-refractivity contribution < 1.29 is 14.3 Å². The number of aryl methyl sites for hydroxylation is 1. The molecule has 0 radical (unpaired) electrons. The van der Waals surface area contributed by atoms with Gasteiger partial charge in [-0.05, 0) is 31.0 Å². The summed E-state index contributed by atoms with van der Waals surface area (Å²) in [5, 5.41) is 0. The highest BCUT2D eigenvalue weighted by Crippen LogP contribution is 2.28. The average molecular weight is 279 g/mol. The molecule has 0 heterocycles. The molecule has 0 bridgehead atoms. The van der Waals surface area contributed by atoms with Gasteiger partial charge >= 0.3 is 0 Å². The summed E-state index contributed by atoms with van der Waals surface area (Å²) in [6, 6.07) is 3.80. The first-order valence-corrected chi connectivity index (χ1v) is 6.98. The number of ether oxygens (including phenoxy) is 2. The zero-order valence-electron chi connectivity index (χ0n) is 13.2. The highest BCUT2D eigenvalue weighted by Gasteiger charge is 2.15. The Morgan fingerprint density at radius 1 is 1.20 bits per heavy atom. The lowest BCUT2D eigenvalue weighted by atomic mass is 10.1. The van der Waals surface area contributed by atoms with Crippen LogP contribution >= 0.6 is 0 Å². The van der Waals surface area contributed by atoms with Gasteiger partial charge in [-0.25, -0.2) is 0 Å². The molecule has 20 heavy (non-hydrogen) atoms. The van der Waals surface area contributed by atoms with Crippen LogP contribution in [0.4, 0.5) is 0 Å². The van der Waals surface area contributed by atoms with E-state index < -0.39 is 0 Å².